The van der Waals surface area contributed by atoms with E-state index in [0.717, 1.165) is 5.56 Å². The summed E-state index contributed by atoms with van der Waals surface area (Å²) in [6, 6.07) is 12.4. The maximum Gasteiger partial charge on any atom is 0.280 e. The Balaban J connectivity index is 1.55. The molecule has 0 atom stereocenters. The highest BCUT2D eigenvalue weighted by Gasteiger charge is 2.21. The van der Waals surface area contributed by atoms with E-state index in [4.69, 9.17) is 24.4 Å². The number of aromatic nitrogens is 4. The number of nitrogens with one attached hydrogen (secondary N) is 1. The average molecular weight is 464 g/mol. The number of nitrogens with two attached hydrogens (primary N) is 1. The number of rotatable bonds is 8. The Kier molecular flexibility index (Phi) is 6.35. The van der Waals surface area contributed by atoms with Crippen LogP contribution in [-0.4, -0.2) is 47.2 Å². The minimum absolute atomic E-state index is 0.0241. The van der Waals surface area contributed by atoms with Crippen molar-refractivity contribution in [3.63, 3.8) is 0 Å². The minimum atomic E-state index is -0.529. The smallest absolute Gasteiger partial charge is 0.280 e. The number of benzene rings is 2. The number of anilines is 2. The van der Waals surface area contributed by atoms with Crippen molar-refractivity contribution in [1.82, 2.24) is 20.0 Å². The third-order valence-corrected chi connectivity index (χ3v) is 5.17. The van der Waals surface area contributed by atoms with Crippen molar-refractivity contribution in [2.75, 3.05) is 32.4 Å². The summed E-state index contributed by atoms with van der Waals surface area (Å²) in [6.45, 7) is 1.96. The van der Waals surface area contributed by atoms with Gasteiger partial charge in [0.2, 0.25) is 5.89 Å². The largest absolute Gasteiger partial charge is 0.497 e. The molecule has 0 aliphatic rings. The molecule has 11 heteroatoms. The Hall–Kier alpha value is -4.54. The van der Waals surface area contributed by atoms with Gasteiger partial charge in [0.1, 0.15) is 28.7 Å². The number of hydrogen-bond acceptors (Lipinski definition) is 9. The molecule has 4 aromatic rings. The predicted molar refractivity (Wildman–Crippen MR) is 124 cm³/mol. The van der Waals surface area contributed by atoms with Gasteiger partial charge in [-0.15, -0.1) is 5.10 Å². The Morgan fingerprint density at radius 2 is 1.85 bits per heavy atom. The number of carbonyl (C=O) groups excluding carboxylic acids is 1. The lowest BCUT2D eigenvalue weighted by Gasteiger charge is -2.11. The Morgan fingerprint density at radius 3 is 2.59 bits per heavy atom. The van der Waals surface area contributed by atoms with Crippen molar-refractivity contribution in [3.8, 4) is 28.7 Å². The van der Waals surface area contributed by atoms with E-state index in [1.807, 2.05) is 24.3 Å². The molecular formula is C23H24N6O5. The van der Waals surface area contributed by atoms with Gasteiger partial charge in [0.05, 0.1) is 39.1 Å². The molecule has 2 heterocycles. The van der Waals surface area contributed by atoms with Gasteiger partial charge in [0.25, 0.3) is 5.91 Å². The summed E-state index contributed by atoms with van der Waals surface area (Å²) in [5, 5.41) is 10.7. The van der Waals surface area contributed by atoms with Gasteiger partial charge in [-0.25, -0.2) is 9.67 Å². The lowest BCUT2D eigenvalue weighted by Crippen LogP contribution is -2.16. The predicted octanol–water partition coefficient (Wildman–Crippen LogP) is 3.15. The zero-order chi connectivity index (χ0) is 24.2. The molecule has 4 rings (SSSR count). The van der Waals surface area contributed by atoms with Crippen LogP contribution in [0.1, 0.15) is 21.9 Å². The molecule has 0 unspecified atom stereocenters. The number of amides is 1. The first kappa shape index (κ1) is 22.6. The number of aryl methyl sites for hydroxylation is 1. The highest BCUT2D eigenvalue weighted by atomic mass is 16.5. The number of carbonyl (C=O) groups is 1. The van der Waals surface area contributed by atoms with Crippen molar-refractivity contribution in [2.45, 2.75) is 13.5 Å². The summed E-state index contributed by atoms with van der Waals surface area (Å²) in [7, 11) is 4.62. The van der Waals surface area contributed by atoms with Gasteiger partial charge in [-0.2, -0.15) is 0 Å². The van der Waals surface area contributed by atoms with Crippen LogP contribution in [0.2, 0.25) is 0 Å². The van der Waals surface area contributed by atoms with E-state index in [1.54, 1.807) is 39.3 Å². The van der Waals surface area contributed by atoms with Gasteiger partial charge in [0.15, 0.2) is 11.5 Å². The number of oxazole rings is 1. The van der Waals surface area contributed by atoms with E-state index in [1.165, 1.54) is 11.8 Å². The van der Waals surface area contributed by atoms with Crippen LogP contribution in [0, 0.1) is 6.92 Å². The molecule has 0 aliphatic heterocycles. The summed E-state index contributed by atoms with van der Waals surface area (Å²) >= 11 is 0. The Bertz CT molecular complexity index is 1330. The fourth-order valence-electron chi connectivity index (χ4n) is 3.34. The summed E-state index contributed by atoms with van der Waals surface area (Å²) in [5.41, 5.74) is 7.92. The van der Waals surface area contributed by atoms with Crippen molar-refractivity contribution in [3.05, 3.63) is 59.6 Å². The molecule has 3 N–H and O–H groups in total. The molecule has 176 valence electrons. The van der Waals surface area contributed by atoms with E-state index in [2.05, 4.69) is 20.6 Å². The normalized spacial score (nSPS) is 10.7. The van der Waals surface area contributed by atoms with Crippen LogP contribution in [0.5, 0.6) is 17.2 Å². The van der Waals surface area contributed by atoms with Gasteiger partial charge in [-0.05, 0) is 31.2 Å². The molecule has 11 nitrogen and oxygen atoms in total. The second kappa shape index (κ2) is 9.53. The molecular weight excluding hydrogens is 440 g/mol. The Morgan fingerprint density at radius 1 is 1.09 bits per heavy atom. The molecule has 0 bridgehead atoms. The first-order valence-corrected chi connectivity index (χ1v) is 10.3. The van der Waals surface area contributed by atoms with Crippen molar-refractivity contribution >= 4 is 17.4 Å². The maximum atomic E-state index is 12.8. The van der Waals surface area contributed by atoms with E-state index >= 15 is 0 Å². The quantitative estimate of drug-likeness (QED) is 0.402. The molecule has 0 spiro atoms. The van der Waals surface area contributed by atoms with Gasteiger partial charge in [-0.3, -0.25) is 4.79 Å². The number of nitrogens with zero attached hydrogens (tertiary/aromatic N) is 4. The summed E-state index contributed by atoms with van der Waals surface area (Å²) in [4.78, 5) is 17.4. The van der Waals surface area contributed by atoms with Crippen molar-refractivity contribution < 1.29 is 23.4 Å². The number of ether oxygens (including phenoxy) is 3. The molecule has 0 saturated heterocycles. The van der Waals surface area contributed by atoms with Crippen LogP contribution < -0.4 is 25.3 Å². The third-order valence-electron chi connectivity index (χ3n) is 5.17. The first-order chi connectivity index (χ1) is 16.4. The van der Waals surface area contributed by atoms with Crippen LogP contribution in [0.25, 0.3) is 11.5 Å². The van der Waals surface area contributed by atoms with Crippen LogP contribution in [-0.2, 0) is 6.54 Å². The summed E-state index contributed by atoms with van der Waals surface area (Å²) in [5.74, 6) is 2.23. The van der Waals surface area contributed by atoms with Crippen molar-refractivity contribution in [1.29, 1.82) is 0 Å². The zero-order valence-electron chi connectivity index (χ0n) is 19.2. The average Bonchev–Trinajstić information content (AvgIpc) is 3.41. The molecule has 2 aromatic carbocycles. The highest BCUT2D eigenvalue weighted by molar-refractivity contribution is 6.06. The van der Waals surface area contributed by atoms with Gasteiger partial charge in [0, 0.05) is 6.07 Å². The zero-order valence-corrected chi connectivity index (χ0v) is 19.2. The number of hydrogen-bond donors (Lipinski definition) is 2. The lowest BCUT2D eigenvalue weighted by atomic mass is 10.2. The van der Waals surface area contributed by atoms with E-state index < -0.39 is 5.91 Å². The second-order valence-electron chi connectivity index (χ2n) is 7.22. The highest BCUT2D eigenvalue weighted by Crippen LogP contribution is 2.31. The van der Waals surface area contributed by atoms with Crippen molar-refractivity contribution in [2.24, 2.45) is 0 Å². The second-order valence-corrected chi connectivity index (χ2v) is 7.22. The summed E-state index contributed by atoms with van der Waals surface area (Å²) < 4.78 is 23.1. The molecule has 0 aliphatic carbocycles. The molecule has 34 heavy (non-hydrogen) atoms. The first-order valence-electron chi connectivity index (χ1n) is 10.3. The van der Waals surface area contributed by atoms with Gasteiger partial charge in [-0.1, -0.05) is 17.3 Å². The fraction of sp³-hybridized carbons (Fsp3) is 0.217. The number of methoxy groups -OCH3 is 3. The fourth-order valence-corrected chi connectivity index (χ4v) is 3.34. The summed E-state index contributed by atoms with van der Waals surface area (Å²) in [6.07, 6.45) is 0. The van der Waals surface area contributed by atoms with Crippen LogP contribution in [0.3, 0.4) is 0 Å². The van der Waals surface area contributed by atoms with Crippen LogP contribution >= 0.6 is 0 Å². The van der Waals surface area contributed by atoms with Crippen LogP contribution in [0.4, 0.5) is 11.5 Å². The topological polar surface area (TPSA) is 140 Å². The molecule has 2 aromatic heterocycles. The van der Waals surface area contributed by atoms with E-state index in [-0.39, 0.29) is 18.1 Å². The van der Waals surface area contributed by atoms with Gasteiger partial charge < -0.3 is 29.7 Å². The van der Waals surface area contributed by atoms with Crippen LogP contribution in [0.15, 0.2) is 46.9 Å². The standard InChI is InChI=1S/C23H24N6O5/c1-13-17(26-23(34-13)15-7-5-6-8-18(15)32-3)12-29-21(24)20(27-28-29)22(30)25-16-10-9-14(31-2)11-19(16)33-4/h5-11H,12,24H2,1-4H3,(H,25,30). The molecule has 0 saturated carbocycles. The maximum absolute atomic E-state index is 12.8. The molecule has 1 amide bonds. The minimum Gasteiger partial charge on any atom is -0.497 e. The molecule has 0 fully saturated rings. The third kappa shape index (κ3) is 4.35. The van der Waals surface area contributed by atoms with E-state index in [0.29, 0.717) is 40.3 Å². The number of para-hydroxylation sites is 1. The SMILES string of the molecule is COc1ccc(NC(=O)c2nnn(Cc3nc(-c4ccccc4OC)oc3C)c2N)c(OC)c1. The monoisotopic (exact) mass is 464 g/mol. The number of nitrogen functional groups attached to an aromatic ring is 1. The van der Waals surface area contributed by atoms with E-state index in [9.17, 15) is 4.79 Å². The lowest BCUT2D eigenvalue weighted by molar-refractivity contribution is 0.102. The van der Waals surface area contributed by atoms with Gasteiger partial charge >= 0.3 is 0 Å². The Labute approximate surface area is 195 Å². The molecule has 0 radical (unpaired) electrons.